The second-order valence-corrected chi connectivity index (χ2v) is 14.8. The first-order valence-electron chi connectivity index (χ1n) is 18.0. The second kappa shape index (κ2) is 11.9. The van der Waals surface area contributed by atoms with Gasteiger partial charge in [-0.3, -0.25) is 0 Å². The van der Waals surface area contributed by atoms with E-state index in [0.717, 1.165) is 61.3 Å². The summed E-state index contributed by atoms with van der Waals surface area (Å²) in [7, 11) is 0. The molecule has 9 aromatic carbocycles. The molecule has 0 unspecified atom stereocenters. The fourth-order valence-corrected chi connectivity index (χ4v) is 9.15. The van der Waals surface area contributed by atoms with Gasteiger partial charge in [-0.05, 0) is 98.9 Å². The minimum Gasteiger partial charge on any atom is -0.455 e. The number of thiophene rings is 1. The zero-order chi connectivity index (χ0) is 34.9. The molecule has 2 aromatic heterocycles. The molecule has 0 aliphatic heterocycles. The Morgan fingerprint density at radius 1 is 0.358 bits per heavy atom. The molecule has 3 heteroatoms. The predicted octanol–water partition coefficient (Wildman–Crippen LogP) is 15.1. The standard InChI is InChI=1S/C50H31NOS/c1-2-9-33(10-3-1)42-14-8-15-44-45-30-35(21-27-47(45)52-50(42)44)32-19-22-37(23-20-32)51(39-25-28-49-46(31-39)43-13-6-7-16-48(43)53-49)38-24-26-41-36(29-38)18-17-34-11-4-5-12-40(34)41/h1-31H. The minimum absolute atomic E-state index is 0.898. The van der Waals surface area contributed by atoms with E-state index in [-0.39, 0.29) is 0 Å². The van der Waals surface area contributed by atoms with Crippen LogP contribution >= 0.6 is 11.3 Å². The minimum atomic E-state index is 0.898. The van der Waals surface area contributed by atoms with Gasteiger partial charge in [-0.15, -0.1) is 11.3 Å². The molecular weight excluding hydrogens is 663 g/mol. The highest BCUT2D eigenvalue weighted by Crippen LogP contribution is 2.43. The van der Waals surface area contributed by atoms with Crippen molar-refractivity contribution in [2.75, 3.05) is 4.90 Å². The molecule has 11 aromatic rings. The Morgan fingerprint density at radius 3 is 1.94 bits per heavy atom. The molecule has 53 heavy (non-hydrogen) atoms. The van der Waals surface area contributed by atoms with Gasteiger partial charge in [0.05, 0.1) is 0 Å². The summed E-state index contributed by atoms with van der Waals surface area (Å²) in [4.78, 5) is 2.39. The normalized spacial score (nSPS) is 11.8. The first kappa shape index (κ1) is 30.0. The van der Waals surface area contributed by atoms with Crippen LogP contribution in [0.1, 0.15) is 0 Å². The van der Waals surface area contributed by atoms with E-state index < -0.39 is 0 Å². The fraction of sp³-hybridized carbons (Fsp3) is 0. The molecular formula is C50H31NOS. The Labute approximate surface area is 310 Å². The number of para-hydroxylation sites is 1. The van der Waals surface area contributed by atoms with Crippen LogP contribution in [0.4, 0.5) is 17.1 Å². The molecule has 0 saturated heterocycles. The number of furan rings is 1. The van der Waals surface area contributed by atoms with Gasteiger partial charge in [0.1, 0.15) is 11.2 Å². The van der Waals surface area contributed by atoms with Crippen LogP contribution in [-0.4, -0.2) is 0 Å². The number of anilines is 3. The summed E-state index contributed by atoms with van der Waals surface area (Å²) < 4.78 is 9.09. The van der Waals surface area contributed by atoms with Crippen molar-refractivity contribution in [2.45, 2.75) is 0 Å². The summed E-state index contributed by atoms with van der Waals surface area (Å²) in [6.07, 6.45) is 0. The molecule has 0 aliphatic rings. The Kier molecular flexibility index (Phi) is 6.76. The molecule has 0 bridgehead atoms. The van der Waals surface area contributed by atoms with E-state index in [9.17, 15) is 0 Å². The smallest absolute Gasteiger partial charge is 0.143 e. The lowest BCUT2D eigenvalue weighted by atomic mass is 9.99. The summed E-state index contributed by atoms with van der Waals surface area (Å²) in [5, 5.41) is 9.86. The zero-order valence-electron chi connectivity index (χ0n) is 28.7. The highest BCUT2D eigenvalue weighted by atomic mass is 32.1. The number of nitrogens with zero attached hydrogens (tertiary/aromatic N) is 1. The van der Waals surface area contributed by atoms with Gasteiger partial charge < -0.3 is 9.32 Å². The van der Waals surface area contributed by atoms with Gasteiger partial charge in [0, 0.05) is 53.6 Å². The van der Waals surface area contributed by atoms with E-state index in [0.29, 0.717) is 0 Å². The SMILES string of the molecule is c1ccc(-c2cccc3c2oc2ccc(-c4ccc(N(c5ccc6c(ccc7ccccc76)c5)c5ccc6sc7ccccc7c6c5)cc4)cc23)cc1. The number of benzene rings is 9. The third-order valence-corrected chi connectivity index (χ3v) is 11.8. The van der Waals surface area contributed by atoms with Crippen molar-refractivity contribution in [3.63, 3.8) is 0 Å². The monoisotopic (exact) mass is 693 g/mol. The first-order chi connectivity index (χ1) is 26.2. The van der Waals surface area contributed by atoms with Gasteiger partial charge in [-0.2, -0.15) is 0 Å². The summed E-state index contributed by atoms with van der Waals surface area (Å²) in [5.41, 5.74) is 9.78. The fourth-order valence-electron chi connectivity index (χ4n) is 8.07. The van der Waals surface area contributed by atoms with Gasteiger partial charge in [0.2, 0.25) is 0 Å². The van der Waals surface area contributed by atoms with Crippen molar-refractivity contribution in [2.24, 2.45) is 0 Å². The molecule has 0 spiro atoms. The molecule has 0 saturated carbocycles. The van der Waals surface area contributed by atoms with E-state index in [1.807, 2.05) is 17.4 Å². The number of fused-ring (bicyclic) bond motifs is 9. The number of hydrogen-bond donors (Lipinski definition) is 0. The van der Waals surface area contributed by atoms with Crippen LogP contribution in [0.3, 0.4) is 0 Å². The summed E-state index contributed by atoms with van der Waals surface area (Å²) >= 11 is 1.85. The van der Waals surface area contributed by atoms with Crippen LogP contribution < -0.4 is 4.90 Å². The van der Waals surface area contributed by atoms with Crippen molar-refractivity contribution in [3.8, 4) is 22.3 Å². The predicted molar refractivity (Wildman–Crippen MR) is 227 cm³/mol. The van der Waals surface area contributed by atoms with E-state index in [2.05, 4.69) is 187 Å². The molecule has 0 amide bonds. The Hall–Kier alpha value is -6.68. The lowest BCUT2D eigenvalue weighted by Gasteiger charge is -2.26. The summed E-state index contributed by atoms with van der Waals surface area (Å²) in [6.45, 7) is 0. The van der Waals surface area contributed by atoms with Gasteiger partial charge in [-0.25, -0.2) is 0 Å². The van der Waals surface area contributed by atoms with Gasteiger partial charge >= 0.3 is 0 Å². The van der Waals surface area contributed by atoms with E-state index in [4.69, 9.17) is 4.42 Å². The molecule has 0 atom stereocenters. The zero-order valence-corrected chi connectivity index (χ0v) is 29.5. The van der Waals surface area contributed by atoms with Crippen molar-refractivity contribution < 1.29 is 4.42 Å². The van der Waals surface area contributed by atoms with Crippen molar-refractivity contribution >= 4 is 92.1 Å². The molecule has 11 rings (SSSR count). The topological polar surface area (TPSA) is 16.4 Å². The number of hydrogen-bond acceptors (Lipinski definition) is 3. The van der Waals surface area contributed by atoms with Gasteiger partial charge in [0.25, 0.3) is 0 Å². The highest BCUT2D eigenvalue weighted by Gasteiger charge is 2.17. The third kappa shape index (κ3) is 4.93. The van der Waals surface area contributed by atoms with Crippen LogP contribution in [-0.2, 0) is 0 Å². The van der Waals surface area contributed by atoms with Crippen LogP contribution in [0.15, 0.2) is 192 Å². The lowest BCUT2D eigenvalue weighted by molar-refractivity contribution is 0.670. The quantitative estimate of drug-likeness (QED) is 0.167. The van der Waals surface area contributed by atoms with Crippen molar-refractivity contribution in [1.82, 2.24) is 0 Å². The summed E-state index contributed by atoms with van der Waals surface area (Å²) in [6, 6.07) is 68.0. The molecule has 0 aliphatic carbocycles. The maximum atomic E-state index is 6.48. The molecule has 2 heterocycles. The lowest BCUT2D eigenvalue weighted by Crippen LogP contribution is -2.09. The second-order valence-electron chi connectivity index (χ2n) is 13.7. The molecule has 2 nitrogen and oxygen atoms in total. The first-order valence-corrected chi connectivity index (χ1v) is 18.8. The molecule has 0 fully saturated rings. The van der Waals surface area contributed by atoms with Crippen LogP contribution in [0, 0.1) is 0 Å². The van der Waals surface area contributed by atoms with Crippen molar-refractivity contribution in [1.29, 1.82) is 0 Å². The maximum Gasteiger partial charge on any atom is 0.143 e. The Balaban J connectivity index is 1.03. The van der Waals surface area contributed by atoms with Gasteiger partial charge in [-0.1, -0.05) is 127 Å². The van der Waals surface area contributed by atoms with Gasteiger partial charge in [0.15, 0.2) is 0 Å². The maximum absolute atomic E-state index is 6.48. The summed E-state index contributed by atoms with van der Waals surface area (Å²) in [5.74, 6) is 0. The van der Waals surface area contributed by atoms with E-state index in [1.54, 1.807) is 0 Å². The third-order valence-electron chi connectivity index (χ3n) is 10.6. The Bertz CT molecular complexity index is 3170. The molecule has 0 radical (unpaired) electrons. The molecule has 248 valence electrons. The average molecular weight is 694 g/mol. The highest BCUT2D eigenvalue weighted by molar-refractivity contribution is 7.25. The number of rotatable bonds is 5. The van der Waals surface area contributed by atoms with E-state index in [1.165, 1.54) is 41.7 Å². The van der Waals surface area contributed by atoms with E-state index >= 15 is 0 Å². The average Bonchev–Trinajstić information content (AvgIpc) is 3.79. The van der Waals surface area contributed by atoms with Crippen LogP contribution in [0.5, 0.6) is 0 Å². The van der Waals surface area contributed by atoms with Crippen molar-refractivity contribution in [3.05, 3.63) is 188 Å². The van der Waals surface area contributed by atoms with Crippen LogP contribution in [0.2, 0.25) is 0 Å². The molecule has 0 N–H and O–H groups in total. The largest absolute Gasteiger partial charge is 0.455 e. The Morgan fingerprint density at radius 2 is 1.04 bits per heavy atom. The van der Waals surface area contributed by atoms with Crippen LogP contribution in [0.25, 0.3) is 85.9 Å².